The molecule has 0 aliphatic heterocycles. The Hall–Kier alpha value is -1.43. The first kappa shape index (κ1) is 10.1. The zero-order valence-corrected chi connectivity index (χ0v) is 8.49. The van der Waals surface area contributed by atoms with Crippen LogP contribution in [0.5, 0.6) is 0 Å². The Balaban J connectivity index is 1.55. The van der Waals surface area contributed by atoms with Gasteiger partial charge >= 0.3 is 0 Å². The second-order valence-corrected chi connectivity index (χ2v) is 3.78. The summed E-state index contributed by atoms with van der Waals surface area (Å²) in [6, 6.07) is 0. The minimum absolute atomic E-state index is 0.00736. The maximum Gasteiger partial charge on any atom is 0.234 e. The summed E-state index contributed by atoms with van der Waals surface area (Å²) in [5.74, 6) is 1.46. The molecule has 0 bridgehead atoms. The third-order valence-electron chi connectivity index (χ3n) is 2.33. The Morgan fingerprint density at radius 2 is 2.47 bits per heavy atom. The molecule has 2 rings (SSSR count). The number of H-pyrrole nitrogens is 1. The first-order valence-corrected chi connectivity index (χ1v) is 5.16. The quantitative estimate of drug-likeness (QED) is 0.585. The van der Waals surface area contributed by atoms with E-state index in [1.54, 1.807) is 0 Å². The van der Waals surface area contributed by atoms with Crippen molar-refractivity contribution in [2.75, 3.05) is 13.1 Å². The largest absolute Gasteiger partial charge is 0.348 e. The van der Waals surface area contributed by atoms with E-state index >= 15 is 0 Å². The molecule has 6 heteroatoms. The van der Waals surface area contributed by atoms with E-state index in [2.05, 4.69) is 25.8 Å². The standard InChI is InChI=1S/C9H15N5O/c15-9(5-10-3-7-1-2-7)11-4-8-12-6-13-14-8/h6-7,10H,1-5H2,(H,11,15)(H,12,13,14). The van der Waals surface area contributed by atoms with E-state index in [0.29, 0.717) is 18.9 Å². The van der Waals surface area contributed by atoms with Crippen LogP contribution in [0.1, 0.15) is 18.7 Å². The lowest BCUT2D eigenvalue weighted by molar-refractivity contribution is -0.120. The van der Waals surface area contributed by atoms with Crippen LogP contribution >= 0.6 is 0 Å². The minimum Gasteiger partial charge on any atom is -0.348 e. The maximum atomic E-state index is 11.3. The molecule has 0 atom stereocenters. The number of hydrogen-bond acceptors (Lipinski definition) is 4. The van der Waals surface area contributed by atoms with Crippen molar-refractivity contribution in [1.29, 1.82) is 0 Å². The molecule has 0 unspecified atom stereocenters. The molecule has 1 fully saturated rings. The second kappa shape index (κ2) is 4.88. The number of hydrogen-bond donors (Lipinski definition) is 3. The molecule has 6 nitrogen and oxygen atoms in total. The summed E-state index contributed by atoms with van der Waals surface area (Å²) in [5, 5.41) is 12.2. The van der Waals surface area contributed by atoms with Crippen LogP contribution in [0.3, 0.4) is 0 Å². The van der Waals surface area contributed by atoms with Crippen molar-refractivity contribution in [3.63, 3.8) is 0 Å². The van der Waals surface area contributed by atoms with Crippen molar-refractivity contribution in [3.8, 4) is 0 Å². The molecule has 0 saturated heterocycles. The van der Waals surface area contributed by atoms with Crippen LogP contribution in [0, 0.1) is 5.92 Å². The Labute approximate surface area is 87.9 Å². The third-order valence-corrected chi connectivity index (χ3v) is 2.33. The maximum absolute atomic E-state index is 11.3. The van der Waals surface area contributed by atoms with Crippen LogP contribution in [0.4, 0.5) is 0 Å². The molecule has 1 saturated carbocycles. The number of carbonyl (C=O) groups excluding carboxylic acids is 1. The topological polar surface area (TPSA) is 82.7 Å². The van der Waals surface area contributed by atoms with Crippen LogP contribution < -0.4 is 10.6 Å². The lowest BCUT2D eigenvalue weighted by atomic mass is 10.4. The average molecular weight is 209 g/mol. The van der Waals surface area contributed by atoms with Crippen LogP contribution in [-0.2, 0) is 11.3 Å². The molecule has 1 heterocycles. The number of amides is 1. The lowest BCUT2D eigenvalue weighted by Crippen LogP contribution is -2.34. The molecule has 0 aromatic carbocycles. The van der Waals surface area contributed by atoms with E-state index in [-0.39, 0.29) is 5.91 Å². The SMILES string of the molecule is O=C(CNCC1CC1)NCc1ncn[nH]1. The van der Waals surface area contributed by atoms with Gasteiger partial charge in [-0.1, -0.05) is 0 Å². The number of nitrogens with one attached hydrogen (secondary N) is 3. The molecule has 0 radical (unpaired) electrons. The van der Waals surface area contributed by atoms with Gasteiger partial charge in [0, 0.05) is 0 Å². The first-order chi connectivity index (χ1) is 7.34. The Kier molecular flexibility index (Phi) is 3.29. The third kappa shape index (κ3) is 3.67. The molecule has 15 heavy (non-hydrogen) atoms. The summed E-state index contributed by atoms with van der Waals surface area (Å²) in [4.78, 5) is 15.2. The van der Waals surface area contributed by atoms with E-state index in [1.807, 2.05) is 0 Å². The summed E-state index contributed by atoms with van der Waals surface area (Å²) in [5.41, 5.74) is 0. The Morgan fingerprint density at radius 3 is 3.13 bits per heavy atom. The van der Waals surface area contributed by atoms with Crippen molar-refractivity contribution in [1.82, 2.24) is 25.8 Å². The monoisotopic (exact) mass is 209 g/mol. The van der Waals surface area contributed by atoms with Gasteiger partial charge in [-0.2, -0.15) is 5.10 Å². The van der Waals surface area contributed by atoms with E-state index in [1.165, 1.54) is 19.2 Å². The van der Waals surface area contributed by atoms with Gasteiger partial charge in [0.1, 0.15) is 12.2 Å². The number of aromatic amines is 1. The molecule has 1 aliphatic rings. The van der Waals surface area contributed by atoms with Gasteiger partial charge in [-0.3, -0.25) is 9.89 Å². The van der Waals surface area contributed by atoms with Crippen molar-refractivity contribution >= 4 is 5.91 Å². The fourth-order valence-corrected chi connectivity index (χ4v) is 1.27. The first-order valence-electron chi connectivity index (χ1n) is 5.16. The molecular weight excluding hydrogens is 194 g/mol. The van der Waals surface area contributed by atoms with E-state index in [4.69, 9.17) is 0 Å². The average Bonchev–Trinajstić information content (AvgIpc) is 2.91. The summed E-state index contributed by atoms with van der Waals surface area (Å²) in [7, 11) is 0. The molecule has 1 aliphatic carbocycles. The van der Waals surface area contributed by atoms with E-state index in [9.17, 15) is 4.79 Å². The van der Waals surface area contributed by atoms with Crippen molar-refractivity contribution < 1.29 is 4.79 Å². The van der Waals surface area contributed by atoms with E-state index in [0.717, 1.165) is 12.5 Å². The van der Waals surface area contributed by atoms with Gasteiger partial charge in [0.2, 0.25) is 5.91 Å². The Morgan fingerprint density at radius 1 is 1.60 bits per heavy atom. The second-order valence-electron chi connectivity index (χ2n) is 3.78. The van der Waals surface area contributed by atoms with Crippen molar-refractivity contribution in [2.24, 2.45) is 5.92 Å². The van der Waals surface area contributed by atoms with Gasteiger partial charge in [-0.25, -0.2) is 4.98 Å². The lowest BCUT2D eigenvalue weighted by Gasteiger charge is -2.04. The number of nitrogens with zero attached hydrogens (tertiary/aromatic N) is 2. The highest BCUT2D eigenvalue weighted by molar-refractivity contribution is 5.77. The van der Waals surface area contributed by atoms with Crippen LogP contribution in [0.15, 0.2) is 6.33 Å². The zero-order valence-electron chi connectivity index (χ0n) is 8.49. The molecule has 1 amide bonds. The normalized spacial score (nSPS) is 15.2. The summed E-state index contributed by atoms with van der Waals surface area (Å²) < 4.78 is 0. The van der Waals surface area contributed by atoms with Crippen LogP contribution in [0.25, 0.3) is 0 Å². The van der Waals surface area contributed by atoms with Gasteiger partial charge < -0.3 is 10.6 Å². The Bertz CT molecular complexity index is 306. The molecule has 3 N–H and O–H groups in total. The molecule has 1 aromatic rings. The number of carbonyl (C=O) groups is 1. The van der Waals surface area contributed by atoms with Crippen molar-refractivity contribution in [2.45, 2.75) is 19.4 Å². The number of rotatable bonds is 6. The van der Waals surface area contributed by atoms with Crippen molar-refractivity contribution in [3.05, 3.63) is 12.2 Å². The minimum atomic E-state index is -0.00736. The predicted octanol–water partition coefficient (Wildman–Crippen LogP) is -0.579. The van der Waals surface area contributed by atoms with Gasteiger partial charge in [0.15, 0.2) is 0 Å². The highest BCUT2D eigenvalue weighted by atomic mass is 16.1. The summed E-state index contributed by atoms with van der Waals surface area (Å²) in [6.07, 6.45) is 4.02. The summed E-state index contributed by atoms with van der Waals surface area (Å²) in [6.45, 7) is 1.74. The zero-order chi connectivity index (χ0) is 10.5. The molecule has 0 spiro atoms. The molecular formula is C9H15N5O. The van der Waals surface area contributed by atoms with Crippen LogP contribution in [-0.4, -0.2) is 34.2 Å². The number of aromatic nitrogens is 3. The summed E-state index contributed by atoms with van der Waals surface area (Å²) >= 11 is 0. The molecule has 82 valence electrons. The molecule has 1 aromatic heterocycles. The van der Waals surface area contributed by atoms with Gasteiger partial charge in [-0.15, -0.1) is 0 Å². The van der Waals surface area contributed by atoms with Gasteiger partial charge in [-0.05, 0) is 25.3 Å². The predicted molar refractivity (Wildman–Crippen MR) is 53.8 cm³/mol. The highest BCUT2D eigenvalue weighted by Gasteiger charge is 2.20. The smallest absolute Gasteiger partial charge is 0.234 e. The van der Waals surface area contributed by atoms with Gasteiger partial charge in [0.05, 0.1) is 13.1 Å². The van der Waals surface area contributed by atoms with Gasteiger partial charge in [0.25, 0.3) is 0 Å². The fraction of sp³-hybridized carbons (Fsp3) is 0.667. The van der Waals surface area contributed by atoms with Crippen LogP contribution in [0.2, 0.25) is 0 Å². The fourth-order valence-electron chi connectivity index (χ4n) is 1.27. The van der Waals surface area contributed by atoms with E-state index < -0.39 is 0 Å². The highest BCUT2D eigenvalue weighted by Crippen LogP contribution is 2.27.